The highest BCUT2D eigenvalue weighted by Crippen LogP contribution is 2.28. The third-order valence-electron chi connectivity index (χ3n) is 3.42. The number of carboxylic acids is 1. The lowest BCUT2D eigenvalue weighted by atomic mass is 10.0. The molecule has 0 spiro atoms. The Morgan fingerprint density at radius 1 is 1.47 bits per heavy atom. The van der Waals surface area contributed by atoms with E-state index in [1.54, 1.807) is 10.6 Å². The Kier molecular flexibility index (Phi) is 2.80. The van der Waals surface area contributed by atoms with Gasteiger partial charge in [-0.05, 0) is 24.5 Å². The van der Waals surface area contributed by atoms with Gasteiger partial charge in [0.2, 0.25) is 0 Å². The van der Waals surface area contributed by atoms with Crippen molar-refractivity contribution in [3.63, 3.8) is 0 Å². The van der Waals surface area contributed by atoms with Crippen molar-refractivity contribution in [2.24, 2.45) is 13.0 Å². The van der Waals surface area contributed by atoms with Crippen LogP contribution in [-0.2, 0) is 13.5 Å². The Morgan fingerprint density at radius 2 is 2.13 bits per heavy atom. The quantitative estimate of drug-likeness (QED) is 0.827. The van der Waals surface area contributed by atoms with Crippen LogP contribution in [0, 0.1) is 5.92 Å². The first-order valence-electron chi connectivity index (χ1n) is 5.56. The summed E-state index contributed by atoms with van der Waals surface area (Å²) in [5.74, 6) is -0.0737. The third kappa shape index (κ3) is 2.06. The molecule has 0 unspecified atom stereocenters. The summed E-state index contributed by atoms with van der Waals surface area (Å²) >= 11 is 0. The fourth-order valence-electron chi connectivity index (χ4n) is 2.48. The van der Waals surface area contributed by atoms with Gasteiger partial charge in [-0.3, -0.25) is 0 Å². The van der Waals surface area contributed by atoms with E-state index >= 15 is 0 Å². The summed E-state index contributed by atoms with van der Waals surface area (Å²) in [6, 6.07) is 3.65. The van der Waals surface area contributed by atoms with E-state index in [1.165, 1.54) is 25.7 Å². The SMILES string of the molecule is Cn1c(CC2CCCC2)ccc1C(=O)O. The van der Waals surface area contributed by atoms with E-state index in [-0.39, 0.29) is 0 Å². The van der Waals surface area contributed by atoms with E-state index in [1.807, 2.05) is 13.1 Å². The van der Waals surface area contributed by atoms with Gasteiger partial charge in [0.1, 0.15) is 5.69 Å². The normalized spacial score (nSPS) is 17.1. The van der Waals surface area contributed by atoms with Gasteiger partial charge in [-0.1, -0.05) is 25.7 Å². The molecule has 0 amide bonds. The fourth-order valence-corrected chi connectivity index (χ4v) is 2.48. The average Bonchev–Trinajstić information content (AvgIpc) is 2.78. The summed E-state index contributed by atoms with van der Waals surface area (Å²) in [7, 11) is 1.84. The molecular formula is C12H17NO2. The molecule has 1 heterocycles. The number of carboxylic acid groups (broad SMARTS) is 1. The molecule has 1 aliphatic rings. The molecule has 2 rings (SSSR count). The second-order valence-electron chi connectivity index (χ2n) is 4.43. The summed E-state index contributed by atoms with van der Waals surface area (Å²) in [6.07, 6.45) is 6.30. The first kappa shape index (κ1) is 10.3. The third-order valence-corrected chi connectivity index (χ3v) is 3.42. The van der Waals surface area contributed by atoms with Crippen LogP contribution in [0.3, 0.4) is 0 Å². The number of aromatic nitrogens is 1. The van der Waals surface area contributed by atoms with E-state index in [4.69, 9.17) is 5.11 Å². The van der Waals surface area contributed by atoms with Gasteiger partial charge in [-0.15, -0.1) is 0 Å². The maximum absolute atomic E-state index is 10.9. The summed E-state index contributed by atoms with van der Waals surface area (Å²) in [4.78, 5) is 10.9. The largest absolute Gasteiger partial charge is 0.477 e. The Morgan fingerprint density at radius 3 is 2.67 bits per heavy atom. The number of carbonyl (C=O) groups is 1. The number of hydrogen-bond donors (Lipinski definition) is 1. The molecule has 82 valence electrons. The van der Waals surface area contributed by atoms with Crippen LogP contribution in [0.5, 0.6) is 0 Å². The van der Waals surface area contributed by atoms with Crippen molar-refractivity contribution >= 4 is 5.97 Å². The highest BCUT2D eigenvalue weighted by Gasteiger charge is 2.18. The molecule has 1 saturated carbocycles. The van der Waals surface area contributed by atoms with Gasteiger partial charge in [0.05, 0.1) is 0 Å². The molecule has 3 nitrogen and oxygen atoms in total. The first-order valence-corrected chi connectivity index (χ1v) is 5.56. The Labute approximate surface area is 89.7 Å². The molecule has 0 saturated heterocycles. The lowest BCUT2D eigenvalue weighted by Gasteiger charge is -2.10. The molecule has 1 N–H and O–H groups in total. The van der Waals surface area contributed by atoms with Gasteiger partial charge in [0.15, 0.2) is 0 Å². The lowest BCUT2D eigenvalue weighted by Crippen LogP contribution is -2.09. The van der Waals surface area contributed by atoms with Crippen LogP contribution in [0.2, 0.25) is 0 Å². The van der Waals surface area contributed by atoms with Crippen LogP contribution in [0.25, 0.3) is 0 Å². The van der Waals surface area contributed by atoms with Crippen molar-refractivity contribution in [1.29, 1.82) is 0 Å². The minimum atomic E-state index is -0.838. The van der Waals surface area contributed by atoms with E-state index < -0.39 is 5.97 Å². The number of nitrogens with zero attached hydrogens (tertiary/aromatic N) is 1. The maximum Gasteiger partial charge on any atom is 0.352 e. The summed E-state index contributed by atoms with van der Waals surface area (Å²) < 4.78 is 1.81. The maximum atomic E-state index is 10.9. The van der Waals surface area contributed by atoms with E-state index in [0.29, 0.717) is 5.69 Å². The van der Waals surface area contributed by atoms with Crippen LogP contribution in [-0.4, -0.2) is 15.6 Å². The minimum absolute atomic E-state index is 0.392. The molecule has 0 radical (unpaired) electrons. The molecular weight excluding hydrogens is 190 g/mol. The Bertz CT molecular complexity index is 362. The monoisotopic (exact) mass is 207 g/mol. The predicted molar refractivity (Wildman–Crippen MR) is 58.0 cm³/mol. The van der Waals surface area contributed by atoms with Gasteiger partial charge in [-0.25, -0.2) is 4.79 Å². The smallest absolute Gasteiger partial charge is 0.352 e. The van der Waals surface area contributed by atoms with Gasteiger partial charge in [0.25, 0.3) is 0 Å². The molecule has 1 aliphatic carbocycles. The first-order chi connectivity index (χ1) is 7.18. The van der Waals surface area contributed by atoms with Crippen molar-refractivity contribution in [1.82, 2.24) is 4.57 Å². The van der Waals surface area contributed by atoms with Crippen LogP contribution in [0.4, 0.5) is 0 Å². The zero-order valence-electron chi connectivity index (χ0n) is 9.07. The summed E-state index contributed by atoms with van der Waals surface area (Å²) in [5.41, 5.74) is 1.54. The second-order valence-corrected chi connectivity index (χ2v) is 4.43. The average molecular weight is 207 g/mol. The van der Waals surface area contributed by atoms with E-state index in [0.717, 1.165) is 18.0 Å². The van der Waals surface area contributed by atoms with Crippen molar-refractivity contribution < 1.29 is 9.90 Å². The molecule has 1 aromatic rings. The highest BCUT2D eigenvalue weighted by atomic mass is 16.4. The van der Waals surface area contributed by atoms with Gasteiger partial charge in [0, 0.05) is 12.7 Å². The molecule has 15 heavy (non-hydrogen) atoms. The lowest BCUT2D eigenvalue weighted by molar-refractivity contribution is 0.0686. The topological polar surface area (TPSA) is 42.2 Å². The van der Waals surface area contributed by atoms with Crippen LogP contribution >= 0.6 is 0 Å². The molecule has 1 aromatic heterocycles. The van der Waals surface area contributed by atoms with Crippen LogP contribution in [0.1, 0.15) is 41.9 Å². The van der Waals surface area contributed by atoms with Crippen molar-refractivity contribution in [2.45, 2.75) is 32.1 Å². The second kappa shape index (κ2) is 4.09. The van der Waals surface area contributed by atoms with Gasteiger partial charge < -0.3 is 9.67 Å². The molecule has 3 heteroatoms. The standard InChI is InChI=1S/C12H17NO2/c1-13-10(6-7-11(13)12(14)15)8-9-4-2-3-5-9/h6-7,9H,2-5,8H2,1H3,(H,14,15). The van der Waals surface area contributed by atoms with Crippen molar-refractivity contribution in [3.8, 4) is 0 Å². The molecule has 1 fully saturated rings. The fraction of sp³-hybridized carbons (Fsp3) is 0.583. The van der Waals surface area contributed by atoms with Crippen LogP contribution in [0.15, 0.2) is 12.1 Å². The van der Waals surface area contributed by atoms with Gasteiger partial charge >= 0.3 is 5.97 Å². The van der Waals surface area contributed by atoms with E-state index in [2.05, 4.69) is 0 Å². The Hall–Kier alpha value is -1.25. The molecule has 0 aromatic carbocycles. The van der Waals surface area contributed by atoms with Crippen molar-refractivity contribution in [2.75, 3.05) is 0 Å². The van der Waals surface area contributed by atoms with Crippen molar-refractivity contribution in [3.05, 3.63) is 23.5 Å². The summed E-state index contributed by atoms with van der Waals surface area (Å²) in [5, 5.41) is 8.92. The van der Waals surface area contributed by atoms with Gasteiger partial charge in [-0.2, -0.15) is 0 Å². The number of aromatic carboxylic acids is 1. The number of hydrogen-bond acceptors (Lipinski definition) is 1. The highest BCUT2D eigenvalue weighted by molar-refractivity contribution is 5.86. The zero-order chi connectivity index (χ0) is 10.8. The van der Waals surface area contributed by atoms with E-state index in [9.17, 15) is 4.79 Å². The summed E-state index contributed by atoms with van der Waals surface area (Å²) in [6.45, 7) is 0. The zero-order valence-corrected chi connectivity index (χ0v) is 9.07. The molecule has 0 aliphatic heterocycles. The minimum Gasteiger partial charge on any atom is -0.477 e. The molecule has 0 atom stereocenters. The Balaban J connectivity index is 2.11. The molecule has 0 bridgehead atoms. The predicted octanol–water partition coefficient (Wildman–Crippen LogP) is 2.46. The number of rotatable bonds is 3. The van der Waals surface area contributed by atoms with Crippen LogP contribution < -0.4 is 0 Å².